The molecule has 0 saturated heterocycles. The highest BCUT2D eigenvalue weighted by Gasteiger charge is 2.27. The number of hydrogen-bond donors (Lipinski definition) is 1. The van der Waals surface area contributed by atoms with E-state index in [-0.39, 0.29) is 4.90 Å². The molecule has 0 amide bonds. The number of nitro groups is 1. The van der Waals surface area contributed by atoms with Crippen molar-refractivity contribution in [2.75, 3.05) is 13.1 Å². The van der Waals surface area contributed by atoms with Crippen LogP contribution in [0.25, 0.3) is 0 Å². The Bertz CT molecular complexity index is 661. The van der Waals surface area contributed by atoms with Gasteiger partial charge < -0.3 is 15.2 Å². The lowest BCUT2D eigenvalue weighted by atomic mass is 10.5. The van der Waals surface area contributed by atoms with Crippen molar-refractivity contribution >= 4 is 21.8 Å². The van der Waals surface area contributed by atoms with Gasteiger partial charge >= 0.3 is 11.8 Å². The number of carbonyl (C=O) groups is 1. The minimum absolute atomic E-state index is 0.375. The molecule has 0 atom stereocenters. The molecule has 0 aliphatic rings. The van der Waals surface area contributed by atoms with Crippen molar-refractivity contribution < 1.29 is 23.2 Å². The van der Waals surface area contributed by atoms with Crippen molar-refractivity contribution in [3.05, 3.63) is 28.4 Å². The van der Waals surface area contributed by atoms with E-state index in [0.717, 1.165) is 18.3 Å². The van der Waals surface area contributed by atoms with E-state index in [0.29, 0.717) is 4.31 Å². The number of terminal acetylenes is 1. The van der Waals surface area contributed by atoms with Crippen molar-refractivity contribution in [2.45, 2.75) is 4.90 Å². The van der Waals surface area contributed by atoms with Crippen molar-refractivity contribution in [2.24, 2.45) is 0 Å². The molecular formula is C10H9N3O6S. The van der Waals surface area contributed by atoms with Crippen LogP contribution in [0.5, 0.6) is 0 Å². The molecule has 0 aromatic carbocycles. The Labute approximate surface area is 114 Å². The fourth-order valence-corrected chi connectivity index (χ4v) is 2.51. The lowest BCUT2D eigenvalue weighted by Crippen LogP contribution is -2.36. The molecule has 10 heteroatoms. The molecule has 1 N–H and O–H groups in total. The zero-order valence-corrected chi connectivity index (χ0v) is 10.8. The van der Waals surface area contributed by atoms with Crippen LogP contribution in [-0.4, -0.2) is 46.8 Å². The van der Waals surface area contributed by atoms with Gasteiger partial charge in [0.05, 0.1) is 6.54 Å². The second-order valence-electron chi connectivity index (χ2n) is 3.48. The van der Waals surface area contributed by atoms with Crippen LogP contribution in [0.1, 0.15) is 0 Å². The Hall–Kier alpha value is -2.51. The van der Waals surface area contributed by atoms with Gasteiger partial charge in [0.2, 0.25) is 10.0 Å². The van der Waals surface area contributed by atoms with Crippen LogP contribution < -0.4 is 0 Å². The Morgan fingerprint density at radius 1 is 1.55 bits per heavy atom. The monoisotopic (exact) mass is 299 g/mol. The van der Waals surface area contributed by atoms with Gasteiger partial charge in [0.25, 0.3) is 0 Å². The molecule has 1 aromatic heterocycles. The number of nitrogens with zero attached hydrogens (tertiary/aromatic N) is 3. The van der Waals surface area contributed by atoms with E-state index >= 15 is 0 Å². The predicted octanol–water partition coefficient (Wildman–Crippen LogP) is -0.302. The maximum atomic E-state index is 12.1. The van der Waals surface area contributed by atoms with Crippen molar-refractivity contribution in [3.8, 4) is 12.3 Å². The van der Waals surface area contributed by atoms with Crippen molar-refractivity contribution in [3.63, 3.8) is 0 Å². The average Bonchev–Trinajstić information content (AvgIpc) is 2.37. The summed E-state index contributed by atoms with van der Waals surface area (Å²) in [6.45, 7) is -1.25. The fraction of sp³-hybridized carbons (Fsp3) is 0.200. The van der Waals surface area contributed by atoms with Gasteiger partial charge in [0.15, 0.2) is 6.20 Å². The largest absolute Gasteiger partial charge is 0.480 e. The number of pyridine rings is 1. The lowest BCUT2D eigenvalue weighted by molar-refractivity contribution is -0.389. The third-order valence-corrected chi connectivity index (χ3v) is 3.90. The molecule has 0 unspecified atom stereocenters. The molecule has 0 saturated carbocycles. The average molecular weight is 299 g/mol. The SMILES string of the molecule is C#CCN(CC(=O)O)S(=O)(=O)c1ccc([N+](=O)[O-])nc1. The van der Waals surface area contributed by atoms with Crippen LogP contribution in [0, 0.1) is 22.5 Å². The highest BCUT2D eigenvalue weighted by molar-refractivity contribution is 7.89. The number of carboxylic acid groups (broad SMARTS) is 1. The molecule has 0 spiro atoms. The highest BCUT2D eigenvalue weighted by Crippen LogP contribution is 2.16. The van der Waals surface area contributed by atoms with E-state index in [4.69, 9.17) is 11.5 Å². The summed E-state index contributed by atoms with van der Waals surface area (Å²) in [5.41, 5.74) is 0. The van der Waals surface area contributed by atoms with Gasteiger partial charge in [-0.25, -0.2) is 8.42 Å². The van der Waals surface area contributed by atoms with Gasteiger partial charge in [-0.15, -0.1) is 6.42 Å². The third-order valence-electron chi connectivity index (χ3n) is 2.12. The molecule has 1 rings (SSSR count). The van der Waals surface area contributed by atoms with E-state index in [9.17, 15) is 23.3 Å². The number of carboxylic acids is 1. The maximum Gasteiger partial charge on any atom is 0.363 e. The minimum Gasteiger partial charge on any atom is -0.480 e. The van der Waals surface area contributed by atoms with E-state index in [1.54, 1.807) is 0 Å². The first-order valence-electron chi connectivity index (χ1n) is 5.05. The summed E-state index contributed by atoms with van der Waals surface area (Å²) in [6, 6.07) is 1.87. The van der Waals surface area contributed by atoms with Crippen molar-refractivity contribution in [1.82, 2.24) is 9.29 Å². The van der Waals surface area contributed by atoms with Gasteiger partial charge in [0, 0.05) is 6.07 Å². The quantitative estimate of drug-likeness (QED) is 0.433. The topological polar surface area (TPSA) is 131 Å². The van der Waals surface area contributed by atoms with Crippen LogP contribution in [0.4, 0.5) is 5.82 Å². The van der Waals surface area contributed by atoms with E-state index in [2.05, 4.69) is 4.98 Å². The van der Waals surface area contributed by atoms with Crippen molar-refractivity contribution in [1.29, 1.82) is 0 Å². The molecule has 106 valence electrons. The molecule has 0 bridgehead atoms. The second-order valence-corrected chi connectivity index (χ2v) is 5.42. The number of hydrogen-bond acceptors (Lipinski definition) is 6. The number of aromatic nitrogens is 1. The number of aliphatic carboxylic acids is 1. The Balaban J connectivity index is 3.16. The van der Waals surface area contributed by atoms with Crippen LogP contribution in [0.15, 0.2) is 23.2 Å². The molecule has 1 aromatic rings. The van der Waals surface area contributed by atoms with Gasteiger partial charge in [-0.05, 0) is 16.0 Å². The first kappa shape index (κ1) is 15.5. The Kier molecular flexibility index (Phi) is 4.73. The number of rotatable bonds is 6. The molecule has 1 heterocycles. The van der Waals surface area contributed by atoms with Gasteiger partial charge in [0.1, 0.15) is 11.4 Å². The summed E-state index contributed by atoms with van der Waals surface area (Å²) >= 11 is 0. The summed E-state index contributed by atoms with van der Waals surface area (Å²) in [5.74, 6) is 0.135. The summed E-state index contributed by atoms with van der Waals surface area (Å²) < 4.78 is 24.7. The Morgan fingerprint density at radius 3 is 2.60 bits per heavy atom. The zero-order valence-electron chi connectivity index (χ0n) is 9.96. The maximum absolute atomic E-state index is 12.1. The molecule has 0 radical (unpaired) electrons. The van der Waals surface area contributed by atoms with E-state index in [1.165, 1.54) is 0 Å². The zero-order chi connectivity index (χ0) is 15.3. The van der Waals surface area contributed by atoms with Crippen LogP contribution in [-0.2, 0) is 14.8 Å². The molecule has 20 heavy (non-hydrogen) atoms. The van der Waals surface area contributed by atoms with Gasteiger partial charge in [-0.2, -0.15) is 4.31 Å². The minimum atomic E-state index is -4.18. The predicted molar refractivity (Wildman–Crippen MR) is 66.1 cm³/mol. The summed E-state index contributed by atoms with van der Waals surface area (Å²) in [6.07, 6.45) is 5.77. The fourth-order valence-electron chi connectivity index (χ4n) is 1.26. The normalized spacial score (nSPS) is 11.0. The Morgan fingerprint density at radius 2 is 2.20 bits per heavy atom. The molecule has 0 fully saturated rings. The van der Waals surface area contributed by atoms with E-state index < -0.39 is 39.8 Å². The van der Waals surface area contributed by atoms with Crippen LogP contribution in [0.3, 0.4) is 0 Å². The first-order valence-corrected chi connectivity index (χ1v) is 6.49. The third kappa shape index (κ3) is 3.50. The summed E-state index contributed by atoms with van der Waals surface area (Å²) in [7, 11) is -4.18. The van der Waals surface area contributed by atoms with E-state index in [1.807, 2.05) is 5.92 Å². The summed E-state index contributed by atoms with van der Waals surface area (Å²) in [4.78, 5) is 23.3. The van der Waals surface area contributed by atoms with Crippen LogP contribution >= 0.6 is 0 Å². The van der Waals surface area contributed by atoms with Gasteiger partial charge in [-0.3, -0.25) is 4.79 Å². The summed E-state index contributed by atoms with van der Waals surface area (Å²) in [5, 5.41) is 19.1. The molecule has 0 aliphatic carbocycles. The van der Waals surface area contributed by atoms with Gasteiger partial charge in [-0.1, -0.05) is 5.92 Å². The standard InChI is InChI=1S/C10H9N3O6S/c1-2-5-12(7-10(14)15)20(18,19)8-3-4-9(11-6-8)13(16)17/h1,3-4,6H,5,7H2,(H,14,15). The number of sulfonamides is 1. The smallest absolute Gasteiger partial charge is 0.363 e. The highest BCUT2D eigenvalue weighted by atomic mass is 32.2. The second kappa shape index (κ2) is 6.09. The molecule has 9 nitrogen and oxygen atoms in total. The molecular weight excluding hydrogens is 290 g/mol. The molecule has 0 aliphatic heterocycles. The first-order chi connectivity index (χ1) is 9.28. The van der Waals surface area contributed by atoms with Crippen LogP contribution in [0.2, 0.25) is 0 Å². The lowest BCUT2D eigenvalue weighted by Gasteiger charge is -2.16.